The summed E-state index contributed by atoms with van der Waals surface area (Å²) < 4.78 is 65.3. The highest BCUT2D eigenvalue weighted by molar-refractivity contribution is 7.86. The van der Waals surface area contributed by atoms with E-state index >= 15 is 0 Å². The molecule has 1 aromatic heterocycles. The highest BCUT2D eigenvalue weighted by Gasteiger charge is 2.17. The number of amides is 2. The number of rotatable bonds is 9. The van der Waals surface area contributed by atoms with E-state index in [9.17, 15) is 26.2 Å². The Morgan fingerprint density at radius 2 is 1.33 bits per heavy atom. The van der Waals surface area contributed by atoms with Crippen molar-refractivity contribution in [3.05, 3.63) is 71.2 Å². The molecule has 4 rings (SSSR count). The number of carbonyl (C=O) groups excluding carboxylic acids is 1. The van der Waals surface area contributed by atoms with E-state index in [1.807, 2.05) is 0 Å². The van der Waals surface area contributed by atoms with Crippen LogP contribution in [-0.2, 0) is 20.2 Å². The highest BCUT2D eigenvalue weighted by Crippen LogP contribution is 2.34. The van der Waals surface area contributed by atoms with Crippen molar-refractivity contribution in [2.24, 2.45) is 26.2 Å². The second-order valence-electron chi connectivity index (χ2n) is 8.04. The Morgan fingerprint density at radius 3 is 1.93 bits per heavy atom. The van der Waals surface area contributed by atoms with Crippen molar-refractivity contribution >= 4 is 89.5 Å². The van der Waals surface area contributed by atoms with Crippen LogP contribution in [0.2, 0.25) is 10.6 Å². The van der Waals surface area contributed by atoms with Crippen LogP contribution in [0.5, 0.6) is 0 Å². The SMILES string of the molecule is NC(=O)Nc1cc(Nc2nc(Cl)nc(Cl)n2)ccc1N=Nc1ccc(N=Nc2ccc(S(=O)(=O)O)cc2)cc1S(=O)(=O)O. The molecule has 21 heteroatoms. The molecule has 0 atom stereocenters. The molecule has 0 bridgehead atoms. The van der Waals surface area contributed by atoms with E-state index in [0.29, 0.717) is 5.69 Å². The van der Waals surface area contributed by atoms with Gasteiger partial charge in [-0.2, -0.15) is 42.0 Å². The number of anilines is 3. The molecule has 0 unspecified atom stereocenters. The summed E-state index contributed by atoms with van der Waals surface area (Å²) in [5.41, 5.74) is 5.55. The lowest BCUT2D eigenvalue weighted by atomic mass is 10.2. The van der Waals surface area contributed by atoms with Crippen LogP contribution in [0.4, 0.5) is 44.9 Å². The Bertz CT molecular complexity index is 1970. The van der Waals surface area contributed by atoms with E-state index in [-0.39, 0.29) is 49.8 Å². The Morgan fingerprint density at radius 1 is 0.744 bits per heavy atom. The van der Waals surface area contributed by atoms with Gasteiger partial charge in [-0.1, -0.05) is 0 Å². The van der Waals surface area contributed by atoms with Crippen molar-refractivity contribution in [2.75, 3.05) is 10.6 Å². The van der Waals surface area contributed by atoms with Gasteiger partial charge in [0.15, 0.2) is 0 Å². The van der Waals surface area contributed by atoms with Crippen molar-refractivity contribution in [1.82, 2.24) is 15.0 Å². The van der Waals surface area contributed by atoms with Crippen molar-refractivity contribution < 1.29 is 30.7 Å². The topological polar surface area (TPSA) is 264 Å². The predicted molar refractivity (Wildman–Crippen MR) is 154 cm³/mol. The molecule has 0 aliphatic heterocycles. The Hall–Kier alpha value is -4.66. The summed E-state index contributed by atoms with van der Waals surface area (Å²) in [6.45, 7) is 0. The number of primary amides is 1. The van der Waals surface area contributed by atoms with Crippen LogP contribution in [0.15, 0.2) is 90.9 Å². The minimum Gasteiger partial charge on any atom is -0.351 e. The summed E-state index contributed by atoms with van der Waals surface area (Å²) in [6, 6.07) is 11.5. The molecule has 6 N–H and O–H groups in total. The standard InChI is InChI=1S/C22H16Cl2N10O7S2/c23-19-28-20(24)30-22(29-19)26-12-3-7-15(17(9-12)27-21(25)35)33-34-16-8-4-13(10-18(16)43(39,40)41)32-31-11-1-5-14(6-2-11)42(36,37)38/h1-10H,(H3,25,27,35)(H,36,37,38)(H,39,40,41)(H,26,28,29,30). The number of azo groups is 2. The first-order valence-electron chi connectivity index (χ1n) is 11.2. The Balaban J connectivity index is 1.63. The zero-order valence-corrected chi connectivity index (χ0v) is 24.1. The molecule has 1 heterocycles. The van der Waals surface area contributed by atoms with E-state index in [4.69, 9.17) is 33.5 Å². The predicted octanol–water partition coefficient (Wildman–Crippen LogP) is 5.74. The highest BCUT2D eigenvalue weighted by atomic mass is 35.5. The lowest BCUT2D eigenvalue weighted by molar-refractivity contribution is 0.259. The minimum absolute atomic E-state index is 0.00504. The number of urea groups is 1. The average Bonchev–Trinajstić information content (AvgIpc) is 2.90. The molecular weight excluding hydrogens is 651 g/mol. The monoisotopic (exact) mass is 666 g/mol. The Labute approximate surface area is 252 Å². The van der Waals surface area contributed by atoms with Gasteiger partial charge in [0, 0.05) is 5.69 Å². The van der Waals surface area contributed by atoms with Gasteiger partial charge < -0.3 is 16.4 Å². The normalized spacial score (nSPS) is 12.1. The van der Waals surface area contributed by atoms with Crippen molar-refractivity contribution in [3.8, 4) is 0 Å². The fourth-order valence-corrected chi connectivity index (χ4v) is 4.69. The fourth-order valence-electron chi connectivity index (χ4n) is 3.21. The molecule has 4 aromatic rings. The van der Waals surface area contributed by atoms with Gasteiger partial charge >= 0.3 is 6.03 Å². The molecule has 0 spiro atoms. The number of hydrogen-bond acceptors (Lipinski definition) is 13. The molecule has 0 saturated heterocycles. The van der Waals surface area contributed by atoms with Crippen molar-refractivity contribution in [3.63, 3.8) is 0 Å². The van der Waals surface area contributed by atoms with Crippen LogP contribution in [-0.4, -0.2) is 46.9 Å². The summed E-state index contributed by atoms with van der Waals surface area (Å²) in [7, 11) is -9.23. The molecule has 0 aliphatic rings. The van der Waals surface area contributed by atoms with Gasteiger partial charge in [0.2, 0.25) is 16.5 Å². The second-order valence-corrected chi connectivity index (χ2v) is 11.5. The number of nitrogens with zero attached hydrogens (tertiary/aromatic N) is 7. The lowest BCUT2D eigenvalue weighted by Gasteiger charge is -2.10. The van der Waals surface area contributed by atoms with Gasteiger partial charge in [0.05, 0.1) is 22.0 Å². The maximum absolute atomic E-state index is 12.1. The number of carbonyl (C=O) groups is 1. The third-order valence-electron chi connectivity index (χ3n) is 4.99. The second kappa shape index (κ2) is 12.7. The van der Waals surface area contributed by atoms with Crippen LogP contribution < -0.4 is 16.4 Å². The average molecular weight is 667 g/mol. The number of hydrogen-bond donors (Lipinski definition) is 5. The molecule has 17 nitrogen and oxygen atoms in total. The van der Waals surface area contributed by atoms with E-state index in [0.717, 1.165) is 18.2 Å². The van der Waals surface area contributed by atoms with Crippen LogP contribution in [0, 0.1) is 0 Å². The zero-order valence-electron chi connectivity index (χ0n) is 21.0. The Kier molecular flexibility index (Phi) is 9.23. The fraction of sp³-hybridized carbons (Fsp3) is 0. The minimum atomic E-state index is -4.83. The first-order valence-corrected chi connectivity index (χ1v) is 14.9. The van der Waals surface area contributed by atoms with Gasteiger partial charge in [-0.3, -0.25) is 9.11 Å². The van der Waals surface area contributed by atoms with Crippen LogP contribution in [0.25, 0.3) is 0 Å². The first kappa shape index (κ1) is 31.3. The van der Waals surface area contributed by atoms with Crippen LogP contribution in [0.1, 0.15) is 0 Å². The van der Waals surface area contributed by atoms with Gasteiger partial charge in [-0.25, -0.2) is 4.79 Å². The summed E-state index contributed by atoms with van der Waals surface area (Å²) in [5, 5.41) is 20.4. The van der Waals surface area contributed by atoms with E-state index in [1.165, 1.54) is 42.5 Å². The van der Waals surface area contributed by atoms with E-state index in [1.54, 1.807) is 0 Å². The largest absolute Gasteiger partial charge is 0.351 e. The number of aromatic nitrogens is 3. The van der Waals surface area contributed by atoms with Gasteiger partial charge in [-0.15, -0.1) is 10.2 Å². The van der Waals surface area contributed by atoms with Gasteiger partial charge in [-0.05, 0) is 83.9 Å². The molecule has 0 aliphatic carbocycles. The number of nitrogens with two attached hydrogens (primary N) is 1. The summed E-state index contributed by atoms with van der Waals surface area (Å²) in [4.78, 5) is 21.9. The third-order valence-corrected chi connectivity index (χ3v) is 7.08. The lowest BCUT2D eigenvalue weighted by Crippen LogP contribution is -2.19. The third kappa shape index (κ3) is 8.67. The zero-order chi connectivity index (χ0) is 31.4. The molecule has 0 saturated carbocycles. The molecule has 2 amide bonds. The molecule has 0 radical (unpaired) electrons. The number of nitrogens with one attached hydrogen (secondary N) is 2. The van der Waals surface area contributed by atoms with E-state index in [2.05, 4.69) is 46.0 Å². The summed E-state index contributed by atoms with van der Waals surface area (Å²) in [5.74, 6) is -0.00504. The summed E-state index contributed by atoms with van der Waals surface area (Å²) in [6.07, 6.45) is 0. The summed E-state index contributed by atoms with van der Waals surface area (Å²) >= 11 is 11.5. The van der Waals surface area contributed by atoms with Crippen molar-refractivity contribution in [2.45, 2.75) is 9.79 Å². The maximum Gasteiger partial charge on any atom is 0.316 e. The molecule has 3 aromatic carbocycles. The molecule has 222 valence electrons. The molecule has 43 heavy (non-hydrogen) atoms. The quantitative estimate of drug-likeness (QED) is 0.106. The van der Waals surface area contributed by atoms with E-state index < -0.39 is 31.2 Å². The first-order chi connectivity index (χ1) is 20.2. The van der Waals surface area contributed by atoms with Crippen LogP contribution >= 0.6 is 23.2 Å². The maximum atomic E-state index is 12.1. The van der Waals surface area contributed by atoms with Crippen molar-refractivity contribution in [1.29, 1.82) is 0 Å². The van der Waals surface area contributed by atoms with Gasteiger partial charge in [0.1, 0.15) is 16.3 Å². The smallest absolute Gasteiger partial charge is 0.316 e. The molecular formula is C22H16Cl2N10O7S2. The molecule has 0 fully saturated rings. The van der Waals surface area contributed by atoms with Crippen LogP contribution in [0.3, 0.4) is 0 Å². The number of benzene rings is 3. The number of halogens is 2. The van der Waals surface area contributed by atoms with Gasteiger partial charge in [0.25, 0.3) is 20.2 Å².